The summed E-state index contributed by atoms with van der Waals surface area (Å²) in [6.07, 6.45) is 0. The maximum absolute atomic E-state index is 15.0. The van der Waals surface area contributed by atoms with Crippen molar-refractivity contribution in [2.45, 2.75) is 18.9 Å². The number of methoxy groups -OCH3 is 2. The fourth-order valence-corrected chi connectivity index (χ4v) is 4.90. The average Bonchev–Trinajstić information content (AvgIpc) is 2.85. The van der Waals surface area contributed by atoms with Crippen molar-refractivity contribution < 1.29 is 23.5 Å². The molecule has 1 saturated heterocycles. The van der Waals surface area contributed by atoms with Crippen LogP contribution in [-0.4, -0.2) is 80.5 Å². The molecule has 0 unspecified atom stereocenters. The van der Waals surface area contributed by atoms with Crippen molar-refractivity contribution in [1.29, 1.82) is 0 Å². The van der Waals surface area contributed by atoms with Gasteiger partial charge in [-0.25, -0.2) is 4.39 Å². The van der Waals surface area contributed by atoms with Crippen LogP contribution in [0, 0.1) is 5.82 Å². The van der Waals surface area contributed by atoms with E-state index in [0.717, 1.165) is 19.6 Å². The van der Waals surface area contributed by atoms with Gasteiger partial charge in [-0.1, -0.05) is 25.1 Å². The van der Waals surface area contributed by atoms with Crippen molar-refractivity contribution in [3.8, 4) is 11.5 Å². The molecule has 176 valence electrons. The molecule has 7 nitrogen and oxygen atoms in total. The first kappa shape index (κ1) is 23.0. The largest absolute Gasteiger partial charge is 0.493 e. The van der Waals surface area contributed by atoms with E-state index in [2.05, 4.69) is 11.8 Å². The number of carbonyl (C=O) groups excluding carboxylic acids is 2. The number of benzene rings is 2. The minimum atomic E-state index is -0.777. The lowest BCUT2D eigenvalue weighted by Gasteiger charge is -2.43. The molecule has 1 fully saturated rings. The highest BCUT2D eigenvalue weighted by molar-refractivity contribution is 6.02. The second-order valence-corrected chi connectivity index (χ2v) is 8.41. The number of amides is 2. The van der Waals surface area contributed by atoms with Crippen LogP contribution in [-0.2, 0) is 4.79 Å². The third-order valence-electron chi connectivity index (χ3n) is 6.80. The molecule has 33 heavy (non-hydrogen) atoms. The van der Waals surface area contributed by atoms with Gasteiger partial charge in [-0.2, -0.15) is 0 Å². The first-order chi connectivity index (χ1) is 15.9. The topological polar surface area (TPSA) is 62.3 Å². The molecule has 0 N–H and O–H groups in total. The van der Waals surface area contributed by atoms with Crippen molar-refractivity contribution in [3.05, 3.63) is 58.9 Å². The van der Waals surface area contributed by atoms with E-state index in [9.17, 15) is 14.0 Å². The van der Waals surface area contributed by atoms with Crippen molar-refractivity contribution in [2.24, 2.45) is 0 Å². The highest BCUT2D eigenvalue weighted by Gasteiger charge is 2.46. The number of nitrogens with zero attached hydrogens (tertiary/aromatic N) is 3. The molecule has 2 atom stereocenters. The van der Waals surface area contributed by atoms with E-state index in [0.29, 0.717) is 41.3 Å². The molecular formula is C25H30FN3O4. The first-order valence-corrected chi connectivity index (χ1v) is 11.2. The maximum Gasteiger partial charge on any atom is 0.254 e. The van der Waals surface area contributed by atoms with Crippen LogP contribution in [0.2, 0.25) is 0 Å². The fraction of sp³-hybridized carbons (Fsp3) is 0.440. The molecule has 4 rings (SSSR count). The number of likely N-dealkylation sites (N-methyl/N-ethyl adjacent to an activating group) is 2. The molecule has 0 aromatic heterocycles. The van der Waals surface area contributed by atoms with Crippen LogP contribution >= 0.6 is 0 Å². The Morgan fingerprint density at radius 1 is 1.03 bits per heavy atom. The molecular weight excluding hydrogens is 425 g/mol. The second kappa shape index (κ2) is 9.39. The van der Waals surface area contributed by atoms with Crippen molar-refractivity contribution in [1.82, 2.24) is 14.7 Å². The van der Waals surface area contributed by atoms with Crippen LogP contribution < -0.4 is 9.47 Å². The molecule has 2 aromatic carbocycles. The quantitative estimate of drug-likeness (QED) is 0.694. The molecule has 0 bridgehead atoms. The fourth-order valence-electron chi connectivity index (χ4n) is 4.90. The second-order valence-electron chi connectivity index (χ2n) is 8.41. The summed E-state index contributed by atoms with van der Waals surface area (Å²) in [5.74, 6) is -0.794. The Balaban J connectivity index is 1.86. The van der Waals surface area contributed by atoms with Gasteiger partial charge in [0.15, 0.2) is 11.5 Å². The van der Waals surface area contributed by atoms with E-state index in [4.69, 9.17) is 9.47 Å². The molecule has 0 radical (unpaired) electrons. The van der Waals surface area contributed by atoms with E-state index >= 15 is 0 Å². The summed E-state index contributed by atoms with van der Waals surface area (Å²) in [4.78, 5) is 33.0. The van der Waals surface area contributed by atoms with Gasteiger partial charge in [-0.05, 0) is 30.3 Å². The van der Waals surface area contributed by atoms with Crippen molar-refractivity contribution in [2.75, 3.05) is 54.0 Å². The monoisotopic (exact) mass is 455 g/mol. The zero-order chi connectivity index (χ0) is 23.7. The van der Waals surface area contributed by atoms with E-state index < -0.39 is 17.8 Å². The Morgan fingerprint density at radius 3 is 2.27 bits per heavy atom. The number of ether oxygens (including phenoxy) is 2. The number of rotatable bonds is 5. The zero-order valence-electron chi connectivity index (χ0n) is 19.5. The van der Waals surface area contributed by atoms with Crippen LogP contribution in [0.1, 0.15) is 40.4 Å². The van der Waals surface area contributed by atoms with Gasteiger partial charge in [-0.15, -0.1) is 0 Å². The van der Waals surface area contributed by atoms with Crippen molar-refractivity contribution >= 4 is 11.8 Å². The predicted molar refractivity (Wildman–Crippen MR) is 122 cm³/mol. The van der Waals surface area contributed by atoms with Gasteiger partial charge < -0.3 is 24.2 Å². The number of carbonyl (C=O) groups is 2. The molecule has 2 aromatic rings. The number of hydrogen-bond donors (Lipinski definition) is 0. The van der Waals surface area contributed by atoms with Gasteiger partial charge in [0.1, 0.15) is 5.82 Å². The summed E-state index contributed by atoms with van der Waals surface area (Å²) in [6, 6.07) is 8.86. The molecule has 2 heterocycles. The number of halogens is 1. The summed E-state index contributed by atoms with van der Waals surface area (Å²) in [5, 5.41) is 0. The van der Waals surface area contributed by atoms with E-state index in [1.54, 1.807) is 37.4 Å². The van der Waals surface area contributed by atoms with E-state index in [1.165, 1.54) is 25.2 Å². The highest BCUT2D eigenvalue weighted by atomic mass is 19.1. The standard InChI is InChI=1S/C25H30FN3O4/c1-5-28-10-12-29(13-11-28)25(31)22-17-14-20(32-3)21(33-4)15-18(17)24(30)27(2)23(22)16-8-6-7-9-19(16)26/h6-9,14-15,22-23H,5,10-13H2,1-4H3/t22-,23-/m0/s1. The summed E-state index contributed by atoms with van der Waals surface area (Å²) in [7, 11) is 4.63. The Kier molecular flexibility index (Phi) is 6.56. The number of fused-ring (bicyclic) bond motifs is 1. The van der Waals surface area contributed by atoms with Crippen molar-refractivity contribution in [3.63, 3.8) is 0 Å². The van der Waals surface area contributed by atoms with Gasteiger partial charge in [0.2, 0.25) is 5.91 Å². The van der Waals surface area contributed by atoms with Crippen LogP contribution in [0.5, 0.6) is 11.5 Å². The first-order valence-electron chi connectivity index (χ1n) is 11.2. The van der Waals surface area contributed by atoms with Gasteiger partial charge in [0, 0.05) is 44.4 Å². The highest BCUT2D eigenvalue weighted by Crippen LogP contribution is 2.46. The molecule has 2 amide bonds. The van der Waals surface area contributed by atoms with Crippen LogP contribution in [0.4, 0.5) is 4.39 Å². The summed E-state index contributed by atoms with van der Waals surface area (Å²) < 4.78 is 25.8. The number of hydrogen-bond acceptors (Lipinski definition) is 5. The van der Waals surface area contributed by atoms with Gasteiger partial charge >= 0.3 is 0 Å². The van der Waals surface area contributed by atoms with Gasteiger partial charge in [0.05, 0.1) is 26.2 Å². The van der Waals surface area contributed by atoms with Crippen LogP contribution in [0.3, 0.4) is 0 Å². The smallest absolute Gasteiger partial charge is 0.254 e. The van der Waals surface area contributed by atoms with Crippen LogP contribution in [0.25, 0.3) is 0 Å². The average molecular weight is 456 g/mol. The molecule has 0 aliphatic carbocycles. The summed E-state index contributed by atoms with van der Waals surface area (Å²) in [6.45, 7) is 5.78. The lowest BCUT2D eigenvalue weighted by molar-refractivity contribution is -0.136. The third kappa shape index (κ3) is 4.04. The summed E-state index contributed by atoms with van der Waals surface area (Å²) in [5.41, 5.74) is 1.22. The minimum absolute atomic E-state index is 0.119. The van der Waals surface area contributed by atoms with E-state index in [1.807, 2.05) is 4.90 Å². The maximum atomic E-state index is 15.0. The lowest BCUT2D eigenvalue weighted by atomic mass is 9.78. The van der Waals surface area contributed by atoms with Gasteiger partial charge in [-0.3, -0.25) is 9.59 Å². The Bertz CT molecular complexity index is 1050. The van der Waals surface area contributed by atoms with E-state index in [-0.39, 0.29) is 11.8 Å². The Hall–Kier alpha value is -3.13. The SMILES string of the molecule is CCN1CCN(C(=O)[C@H]2c3cc(OC)c(OC)cc3C(=O)N(C)[C@H]2c2ccccc2F)CC1. The molecule has 2 aliphatic heterocycles. The normalized spacial score (nSPS) is 21.1. The predicted octanol–water partition coefficient (Wildman–Crippen LogP) is 2.92. The van der Waals surface area contributed by atoms with Gasteiger partial charge in [0.25, 0.3) is 5.91 Å². The third-order valence-corrected chi connectivity index (χ3v) is 6.80. The number of piperazine rings is 1. The van der Waals surface area contributed by atoms with Crippen LogP contribution in [0.15, 0.2) is 36.4 Å². The molecule has 2 aliphatic rings. The zero-order valence-corrected chi connectivity index (χ0v) is 19.5. The Morgan fingerprint density at radius 2 is 1.67 bits per heavy atom. The summed E-state index contributed by atoms with van der Waals surface area (Å²) >= 11 is 0. The Labute approximate surface area is 193 Å². The molecule has 8 heteroatoms. The molecule has 0 saturated carbocycles. The lowest BCUT2D eigenvalue weighted by Crippen LogP contribution is -2.52. The minimum Gasteiger partial charge on any atom is -0.493 e. The molecule has 0 spiro atoms.